The lowest BCUT2D eigenvalue weighted by molar-refractivity contribution is -0.140. The summed E-state index contributed by atoms with van der Waals surface area (Å²) in [5, 5.41) is 0. The first-order valence-electron chi connectivity index (χ1n) is 49.7. The first-order valence-corrected chi connectivity index (χ1v) is 49.7. The predicted octanol–water partition coefficient (Wildman–Crippen LogP) is 17.4. The molecule has 2 aliphatic carbocycles. The first-order chi connectivity index (χ1) is 64.8. The fourth-order valence-corrected chi connectivity index (χ4v) is 13.1. The average molecular weight is 1940 g/mol. The van der Waals surface area contributed by atoms with E-state index < -0.39 is 0 Å². The Hall–Kier alpha value is -8.49. The summed E-state index contributed by atoms with van der Waals surface area (Å²) in [5.74, 6) is -2.70. The van der Waals surface area contributed by atoms with Gasteiger partial charge in [-0.1, -0.05) is 170 Å². The van der Waals surface area contributed by atoms with Crippen LogP contribution in [0.15, 0.2) is 140 Å². The van der Waals surface area contributed by atoms with Gasteiger partial charge in [-0.25, -0.2) is 43.2 Å². The standard InChI is InChI=1S/C18H31NO2.C14H27NO2.C13H17NO2.C12H23NO4.C12H23NO2.C11H19NO2.2C10H19NO2.C8H15NO2/c1-15(2)18(20)21-14-13-19(16-9-5-3-6-10-16)17-11-7-4-8-12-17;1-5-7-9-15(10-8-6-2)11-12-17-14(16)13(3)4;1-11(2)13(15)16-10-9-14(3)12-7-5-4-6-8-12;1-11(2)12(14)17-10-7-13(5-8-15-3)6-9-16-4;1-9(2)12(14)15-8-7-13(10(3)4)11(5)6;1-10(2)11(13)14-9-8-12-6-4-3-5-7-12;1-5-6-11(4)7-8-13-10(12)9(2)3;1-5-11(6-2)7-8-13-10(12)9(3)4;1-7(2)8(10)11-6-5-9(3)4/h16-17H,1,3-14H2,2H3;3,5-12H2,1-2,4H3;4-8H,1,9-10H2,2-3H3;1,5-10H2,2-4H3;10-11H,1,7-8H2,2-6H3;1,3-9H2,2H3;2,5-8H2,1,3-4H3;3,5-8H2,1-2,4H3;1,5-6H2,2-4H3. The molecule has 29 nitrogen and oxygen atoms in total. The maximum atomic E-state index is 11.5. The summed E-state index contributed by atoms with van der Waals surface area (Å²) in [6.07, 6.45) is 23.3. The number of likely N-dealkylation sites (tertiary alicyclic amines) is 1. The van der Waals surface area contributed by atoms with E-state index in [4.69, 9.17) is 52.1 Å². The molecule has 2 saturated carbocycles. The minimum Gasteiger partial charge on any atom is -0.461 e. The van der Waals surface area contributed by atoms with E-state index in [9.17, 15) is 43.2 Å². The van der Waals surface area contributed by atoms with Gasteiger partial charge in [-0.3, -0.25) is 24.5 Å². The van der Waals surface area contributed by atoms with Crippen molar-refractivity contribution >= 4 is 59.4 Å². The molecule has 0 aromatic heterocycles. The zero-order valence-corrected chi connectivity index (χ0v) is 90.5. The summed E-state index contributed by atoms with van der Waals surface area (Å²) < 4.78 is 55.3. The second kappa shape index (κ2) is 90.1. The zero-order valence-electron chi connectivity index (χ0n) is 90.5. The molecule has 0 N–H and O–H groups in total. The van der Waals surface area contributed by atoms with Crippen LogP contribution in [0.1, 0.15) is 240 Å². The van der Waals surface area contributed by atoms with Crippen LogP contribution in [0.2, 0.25) is 0 Å². The Morgan fingerprint density at radius 2 is 0.613 bits per heavy atom. The summed E-state index contributed by atoms with van der Waals surface area (Å²) in [7, 11) is 11.1. The Labute approximate surface area is 831 Å². The molecule has 4 rings (SSSR count). The van der Waals surface area contributed by atoms with Crippen molar-refractivity contribution in [3.8, 4) is 0 Å². The van der Waals surface area contributed by atoms with Gasteiger partial charge in [0.2, 0.25) is 0 Å². The van der Waals surface area contributed by atoms with E-state index in [1.807, 2.05) is 68.3 Å². The lowest BCUT2D eigenvalue weighted by atomic mass is 9.88. The van der Waals surface area contributed by atoms with Crippen molar-refractivity contribution in [3.63, 3.8) is 0 Å². The van der Waals surface area contributed by atoms with E-state index >= 15 is 0 Å². The highest BCUT2D eigenvalue weighted by Gasteiger charge is 2.29. The van der Waals surface area contributed by atoms with Gasteiger partial charge in [0, 0.05) is 167 Å². The Balaban J connectivity index is -0.000000480. The van der Waals surface area contributed by atoms with E-state index in [0.717, 1.165) is 117 Å². The van der Waals surface area contributed by atoms with Crippen molar-refractivity contribution in [3.05, 3.63) is 140 Å². The first kappa shape index (κ1) is 137. The van der Waals surface area contributed by atoms with Gasteiger partial charge >= 0.3 is 53.7 Å². The Bertz CT molecular complexity index is 3400. The number of hydrogen-bond donors (Lipinski definition) is 0. The number of methoxy groups -OCH3 is 2. The predicted molar refractivity (Wildman–Crippen MR) is 560 cm³/mol. The number of benzene rings is 1. The van der Waals surface area contributed by atoms with Crippen LogP contribution < -0.4 is 4.90 Å². The normalized spacial score (nSPS) is 12.8. The number of carbonyl (C=O) groups is 9. The third-order valence-electron chi connectivity index (χ3n) is 21.4. The van der Waals surface area contributed by atoms with Crippen LogP contribution in [-0.2, 0) is 95.3 Å². The number of para-hydroxylation sites is 1. The minimum atomic E-state index is -0.344. The number of rotatable bonds is 57. The Morgan fingerprint density at radius 3 is 0.920 bits per heavy atom. The molecule has 1 aliphatic heterocycles. The minimum absolute atomic E-state index is 0.248. The highest BCUT2D eigenvalue weighted by Crippen LogP contribution is 2.30. The van der Waals surface area contributed by atoms with Gasteiger partial charge in [0.05, 0.1) is 19.8 Å². The molecule has 0 radical (unpaired) electrons. The topological polar surface area (TPSA) is 284 Å². The molecule has 3 fully saturated rings. The van der Waals surface area contributed by atoms with Crippen LogP contribution in [0.3, 0.4) is 0 Å². The van der Waals surface area contributed by atoms with Gasteiger partial charge in [-0.2, -0.15) is 0 Å². The fraction of sp³-hybridized carbons (Fsp3) is 0.694. The van der Waals surface area contributed by atoms with Gasteiger partial charge in [0.15, 0.2) is 0 Å². The Morgan fingerprint density at radius 1 is 0.328 bits per heavy atom. The van der Waals surface area contributed by atoms with Crippen molar-refractivity contribution < 1.29 is 95.3 Å². The number of anilines is 1. The van der Waals surface area contributed by atoms with E-state index in [1.54, 1.807) is 76.5 Å². The SMILES string of the molecule is C=C(C)C(=O)OCCN(C(C)C)C(C)C.C=C(C)C(=O)OCCN(C)C.C=C(C)C(=O)OCCN(C)CCC.C=C(C)C(=O)OCCN(C)c1ccccc1.C=C(C)C(=O)OCCN(C1CCCCC1)C1CCCCC1.C=C(C)C(=O)OCCN(CC)CC.C=C(C)C(=O)OCCN(CCCC)CCCC.C=C(C)C(=O)OCCN(CCOC)CCOC.C=C(C)C(=O)OCCN1CCCCC1. The van der Waals surface area contributed by atoms with Crippen LogP contribution in [0.5, 0.6) is 0 Å². The third-order valence-corrected chi connectivity index (χ3v) is 21.4. The molecule has 0 atom stereocenters. The van der Waals surface area contributed by atoms with Crippen molar-refractivity contribution in [2.75, 3.05) is 238 Å². The molecule has 0 bridgehead atoms. The Kier molecular flexibility index (Phi) is 90.1. The molecule has 1 aromatic rings. The number of unbranched alkanes of at least 4 members (excludes halogenated alkanes) is 2. The monoisotopic (exact) mass is 1940 g/mol. The van der Waals surface area contributed by atoms with Crippen LogP contribution in [-0.4, -0.2) is 350 Å². The van der Waals surface area contributed by atoms with Crippen molar-refractivity contribution in [1.82, 2.24) is 39.2 Å². The number of piperidine rings is 1. The number of hydrogen-bond acceptors (Lipinski definition) is 29. The summed E-state index contributed by atoms with van der Waals surface area (Å²) >= 11 is 0. The molecular weight excluding hydrogens is 1740 g/mol. The van der Waals surface area contributed by atoms with Crippen LogP contribution >= 0.6 is 0 Å². The molecule has 0 amide bonds. The smallest absolute Gasteiger partial charge is 0.333 e. The fourth-order valence-electron chi connectivity index (χ4n) is 13.1. The van der Waals surface area contributed by atoms with Gasteiger partial charge in [0.1, 0.15) is 59.5 Å². The maximum Gasteiger partial charge on any atom is 0.333 e. The molecule has 3 aliphatic rings. The van der Waals surface area contributed by atoms with Gasteiger partial charge in [0.25, 0.3) is 0 Å². The van der Waals surface area contributed by atoms with Crippen LogP contribution in [0.25, 0.3) is 0 Å². The number of esters is 9. The van der Waals surface area contributed by atoms with Gasteiger partial charge < -0.3 is 71.7 Å². The van der Waals surface area contributed by atoms with E-state index in [2.05, 4.69) is 156 Å². The number of nitrogens with zero attached hydrogens (tertiary/aromatic N) is 9. The van der Waals surface area contributed by atoms with Gasteiger partial charge in [-0.15, -0.1) is 0 Å². The van der Waals surface area contributed by atoms with E-state index in [0.29, 0.717) is 160 Å². The number of ether oxygens (including phenoxy) is 11. The van der Waals surface area contributed by atoms with Crippen molar-refractivity contribution in [2.24, 2.45) is 0 Å². The average Bonchev–Trinajstić information content (AvgIpc) is 0.848. The highest BCUT2D eigenvalue weighted by molar-refractivity contribution is 5.90. The second-order valence-electron chi connectivity index (χ2n) is 35.7. The zero-order chi connectivity index (χ0) is 105. The number of carbonyl (C=O) groups excluding carboxylic acids is 9. The quantitative estimate of drug-likeness (QED) is 0.0333. The van der Waals surface area contributed by atoms with E-state index in [1.165, 1.54) is 109 Å². The lowest BCUT2D eigenvalue weighted by Crippen LogP contribution is -2.46. The summed E-state index contributed by atoms with van der Waals surface area (Å²) in [4.78, 5) is 120. The largest absolute Gasteiger partial charge is 0.461 e. The molecule has 137 heavy (non-hydrogen) atoms. The number of likely N-dealkylation sites (N-methyl/N-ethyl adjacent to an activating group) is 4. The highest BCUT2D eigenvalue weighted by atomic mass is 16.6. The lowest BCUT2D eigenvalue weighted by Gasteiger charge is -2.41. The summed E-state index contributed by atoms with van der Waals surface area (Å²) in [5.41, 5.74) is 5.22. The molecule has 29 heteroatoms. The maximum absolute atomic E-state index is 11.5. The molecule has 0 unspecified atom stereocenters. The molecule has 790 valence electrons. The van der Waals surface area contributed by atoms with Crippen molar-refractivity contribution in [1.29, 1.82) is 0 Å². The van der Waals surface area contributed by atoms with Crippen molar-refractivity contribution in [2.45, 2.75) is 264 Å². The molecular formula is C108H193N9O20. The molecule has 1 aromatic carbocycles. The van der Waals surface area contributed by atoms with Crippen LogP contribution in [0.4, 0.5) is 5.69 Å². The molecule has 0 spiro atoms. The summed E-state index contributed by atoms with van der Waals surface area (Å²) in [6, 6.07) is 12.3. The molecule has 1 heterocycles. The summed E-state index contributed by atoms with van der Waals surface area (Å²) in [6.45, 7) is 87.4. The van der Waals surface area contributed by atoms with Gasteiger partial charge in [-0.05, 0) is 227 Å². The second-order valence-corrected chi connectivity index (χ2v) is 35.7. The molecule has 1 saturated heterocycles. The van der Waals surface area contributed by atoms with Crippen LogP contribution in [0, 0.1) is 0 Å². The third kappa shape index (κ3) is 82.0. The van der Waals surface area contributed by atoms with E-state index in [-0.39, 0.29) is 53.7 Å².